The first-order valence-electron chi connectivity index (χ1n) is 3.30. The number of hydrogen-bond donors (Lipinski definition) is 1. The highest BCUT2D eigenvalue weighted by molar-refractivity contribution is 5.75. The Morgan fingerprint density at radius 1 is 1.55 bits per heavy atom. The molecule has 0 aromatic rings. The molecule has 1 atom stereocenters. The second kappa shape index (κ2) is 3.37. The number of rotatable bonds is 3. The third-order valence-corrected chi connectivity index (χ3v) is 1.34. The molecule has 0 saturated heterocycles. The predicted octanol–water partition coefficient (Wildman–Crippen LogP) is -1.10. The topological polar surface area (TPSA) is 69.2 Å². The van der Waals surface area contributed by atoms with E-state index in [1.54, 1.807) is 20.8 Å². The van der Waals surface area contributed by atoms with Gasteiger partial charge < -0.3 is 15.2 Å². The lowest BCUT2D eigenvalue weighted by Gasteiger charge is -2.30. The number of carbonyl (C=O) groups is 2. The Morgan fingerprint density at radius 3 is 2.09 bits per heavy atom. The predicted molar refractivity (Wildman–Crippen MR) is 37.4 cm³/mol. The molecule has 0 fully saturated rings. The minimum absolute atomic E-state index is 0.367. The van der Waals surface area contributed by atoms with Gasteiger partial charge in [0.1, 0.15) is 0 Å². The molecular weight excluding hydrogens is 146 g/mol. The Balaban J connectivity index is 4.34. The zero-order chi connectivity index (χ0) is 9.07. The van der Waals surface area contributed by atoms with Gasteiger partial charge in [0.15, 0.2) is 0 Å². The van der Waals surface area contributed by atoms with Crippen LogP contribution in [0, 0.1) is 5.41 Å². The summed E-state index contributed by atoms with van der Waals surface area (Å²) in [5.74, 6) is -1.26. The van der Waals surface area contributed by atoms with Crippen LogP contribution < -0.4 is 10.4 Å². The summed E-state index contributed by atoms with van der Waals surface area (Å²) in [6.45, 7) is 5.14. The molecule has 64 valence electrons. The standard InChI is InChI=1S/C7H13NO3/c1-7(2,3)5(6(10)11)8-4-9/h4-5H,1-3H3,(H,8,9)(H,10,11)/p-1/t5-/m1/s1. The van der Waals surface area contributed by atoms with E-state index in [0.717, 1.165) is 0 Å². The summed E-state index contributed by atoms with van der Waals surface area (Å²) in [4.78, 5) is 20.4. The first kappa shape index (κ1) is 9.94. The average molecular weight is 158 g/mol. The molecule has 0 aromatic heterocycles. The van der Waals surface area contributed by atoms with Gasteiger partial charge in [-0.2, -0.15) is 0 Å². The quantitative estimate of drug-likeness (QED) is 0.530. The molecule has 0 bridgehead atoms. The molecule has 11 heavy (non-hydrogen) atoms. The van der Waals surface area contributed by atoms with E-state index >= 15 is 0 Å². The van der Waals surface area contributed by atoms with Gasteiger partial charge in [0, 0.05) is 0 Å². The largest absolute Gasteiger partial charge is 0.548 e. The molecule has 4 nitrogen and oxygen atoms in total. The summed E-state index contributed by atoms with van der Waals surface area (Å²) in [6.07, 6.45) is 0.367. The summed E-state index contributed by atoms with van der Waals surface area (Å²) in [5.41, 5.74) is -0.514. The zero-order valence-electron chi connectivity index (χ0n) is 6.88. The number of hydrogen-bond acceptors (Lipinski definition) is 3. The maximum atomic E-state index is 10.4. The van der Waals surface area contributed by atoms with Crippen molar-refractivity contribution in [3.8, 4) is 0 Å². The zero-order valence-corrected chi connectivity index (χ0v) is 6.88. The third-order valence-electron chi connectivity index (χ3n) is 1.34. The lowest BCUT2D eigenvalue weighted by atomic mass is 9.87. The van der Waals surface area contributed by atoms with Crippen molar-refractivity contribution < 1.29 is 14.7 Å². The molecule has 0 rings (SSSR count). The molecule has 4 heteroatoms. The van der Waals surface area contributed by atoms with Crippen LogP contribution in [0.1, 0.15) is 20.8 Å². The summed E-state index contributed by atoms with van der Waals surface area (Å²) >= 11 is 0. The Kier molecular flexibility index (Phi) is 3.04. The maximum Gasteiger partial charge on any atom is 0.207 e. The van der Waals surface area contributed by atoms with Gasteiger partial charge >= 0.3 is 0 Å². The van der Waals surface area contributed by atoms with Crippen LogP contribution in [0.4, 0.5) is 0 Å². The monoisotopic (exact) mass is 158 g/mol. The number of carbonyl (C=O) groups excluding carboxylic acids is 2. The SMILES string of the molecule is CC(C)(C)[C@H](NC=O)C(=O)[O-]. The van der Waals surface area contributed by atoms with E-state index in [1.807, 2.05) is 0 Å². The van der Waals surface area contributed by atoms with Gasteiger partial charge in [0.2, 0.25) is 6.41 Å². The molecule has 0 heterocycles. The smallest absolute Gasteiger partial charge is 0.207 e. The number of carboxylic acid groups (broad SMARTS) is 1. The fourth-order valence-corrected chi connectivity index (χ4v) is 0.740. The van der Waals surface area contributed by atoms with E-state index in [1.165, 1.54) is 0 Å². The minimum Gasteiger partial charge on any atom is -0.548 e. The maximum absolute atomic E-state index is 10.4. The van der Waals surface area contributed by atoms with E-state index in [-0.39, 0.29) is 0 Å². The Hall–Kier alpha value is -1.06. The molecule has 0 radical (unpaired) electrons. The Labute approximate surface area is 65.6 Å². The van der Waals surface area contributed by atoms with Gasteiger partial charge in [-0.25, -0.2) is 0 Å². The summed E-state index contributed by atoms with van der Waals surface area (Å²) in [7, 11) is 0. The second-order valence-electron chi connectivity index (χ2n) is 3.40. The molecule has 1 N–H and O–H groups in total. The van der Waals surface area contributed by atoms with Gasteiger partial charge in [0.05, 0.1) is 12.0 Å². The Morgan fingerprint density at radius 2 is 2.00 bits per heavy atom. The molecular formula is C7H12NO3-. The summed E-state index contributed by atoms with van der Waals surface area (Å²) in [5, 5.41) is 12.6. The molecule has 1 amide bonds. The van der Waals surface area contributed by atoms with Crippen molar-refractivity contribution in [2.75, 3.05) is 0 Å². The highest BCUT2D eigenvalue weighted by Crippen LogP contribution is 2.17. The molecule has 0 unspecified atom stereocenters. The lowest BCUT2D eigenvalue weighted by molar-refractivity contribution is -0.310. The first-order chi connectivity index (χ1) is 4.89. The van der Waals surface area contributed by atoms with Gasteiger partial charge in [-0.05, 0) is 5.41 Å². The van der Waals surface area contributed by atoms with Crippen molar-refractivity contribution >= 4 is 12.4 Å². The van der Waals surface area contributed by atoms with Crippen molar-refractivity contribution in [1.82, 2.24) is 5.32 Å². The molecule has 0 saturated carbocycles. The molecule has 0 aromatic carbocycles. The molecule has 0 aliphatic carbocycles. The van der Waals surface area contributed by atoms with Crippen molar-refractivity contribution in [2.24, 2.45) is 5.41 Å². The van der Waals surface area contributed by atoms with Crippen molar-refractivity contribution in [1.29, 1.82) is 0 Å². The van der Waals surface area contributed by atoms with Gasteiger partial charge in [-0.1, -0.05) is 20.8 Å². The number of carboxylic acids is 1. The van der Waals surface area contributed by atoms with Crippen molar-refractivity contribution in [3.63, 3.8) is 0 Å². The molecule has 0 aliphatic rings. The van der Waals surface area contributed by atoms with E-state index < -0.39 is 17.4 Å². The first-order valence-corrected chi connectivity index (χ1v) is 3.30. The van der Waals surface area contributed by atoms with Crippen LogP contribution in [0.5, 0.6) is 0 Å². The normalized spacial score (nSPS) is 13.7. The van der Waals surface area contributed by atoms with Crippen molar-refractivity contribution in [3.05, 3.63) is 0 Å². The average Bonchev–Trinajstić information content (AvgIpc) is 1.79. The number of nitrogens with one attached hydrogen (secondary N) is 1. The lowest BCUT2D eigenvalue weighted by Crippen LogP contribution is -2.52. The second-order valence-corrected chi connectivity index (χ2v) is 3.40. The van der Waals surface area contributed by atoms with Crippen LogP contribution in [-0.2, 0) is 9.59 Å². The van der Waals surface area contributed by atoms with E-state index in [2.05, 4.69) is 5.32 Å². The molecule has 0 spiro atoms. The van der Waals surface area contributed by atoms with Crippen molar-refractivity contribution in [2.45, 2.75) is 26.8 Å². The van der Waals surface area contributed by atoms with Gasteiger partial charge in [-0.15, -0.1) is 0 Å². The van der Waals surface area contributed by atoms with Gasteiger partial charge in [0.25, 0.3) is 0 Å². The highest BCUT2D eigenvalue weighted by atomic mass is 16.4. The van der Waals surface area contributed by atoms with Crippen LogP contribution in [0.15, 0.2) is 0 Å². The number of aliphatic carboxylic acids is 1. The van der Waals surface area contributed by atoms with E-state index in [0.29, 0.717) is 6.41 Å². The fraction of sp³-hybridized carbons (Fsp3) is 0.714. The summed E-state index contributed by atoms with van der Waals surface area (Å²) in [6, 6.07) is -0.931. The Bertz CT molecular complexity index is 160. The van der Waals surface area contributed by atoms with Crippen LogP contribution >= 0.6 is 0 Å². The minimum atomic E-state index is -1.26. The molecule has 0 aliphatic heterocycles. The van der Waals surface area contributed by atoms with Crippen LogP contribution in [0.25, 0.3) is 0 Å². The summed E-state index contributed by atoms with van der Waals surface area (Å²) < 4.78 is 0. The third kappa shape index (κ3) is 3.02. The highest BCUT2D eigenvalue weighted by Gasteiger charge is 2.24. The van der Waals surface area contributed by atoms with E-state index in [4.69, 9.17) is 0 Å². The van der Waals surface area contributed by atoms with E-state index in [9.17, 15) is 14.7 Å². The van der Waals surface area contributed by atoms with Gasteiger partial charge in [-0.3, -0.25) is 4.79 Å². The van der Waals surface area contributed by atoms with Crippen LogP contribution in [-0.4, -0.2) is 18.4 Å². The fourth-order valence-electron chi connectivity index (χ4n) is 0.740. The van der Waals surface area contributed by atoms with Crippen LogP contribution in [0.3, 0.4) is 0 Å². The van der Waals surface area contributed by atoms with Crippen LogP contribution in [0.2, 0.25) is 0 Å². The number of amides is 1.